The van der Waals surface area contributed by atoms with E-state index in [-0.39, 0.29) is 11.9 Å². The van der Waals surface area contributed by atoms with Crippen molar-refractivity contribution in [3.8, 4) is 5.75 Å². The number of nitrogens with one attached hydrogen (secondary N) is 3. The molecule has 0 aliphatic carbocycles. The lowest BCUT2D eigenvalue weighted by molar-refractivity contribution is 0.205. The van der Waals surface area contributed by atoms with Crippen LogP contribution >= 0.6 is 0 Å². The van der Waals surface area contributed by atoms with Gasteiger partial charge in [-0.1, -0.05) is 13.0 Å². The van der Waals surface area contributed by atoms with E-state index in [4.69, 9.17) is 4.74 Å². The van der Waals surface area contributed by atoms with Crippen LogP contribution in [0.15, 0.2) is 35.5 Å². The van der Waals surface area contributed by atoms with E-state index in [0.717, 1.165) is 44.0 Å². The lowest BCUT2D eigenvalue weighted by atomic mass is 10.1. The molecule has 1 unspecified atom stereocenters. The molecule has 0 bridgehead atoms. The Morgan fingerprint density at radius 2 is 2.19 bits per heavy atom. The second-order valence-corrected chi connectivity index (χ2v) is 6.38. The predicted octanol–water partition coefficient (Wildman–Crippen LogP) is 3.20. The van der Waals surface area contributed by atoms with Gasteiger partial charge >= 0.3 is 0 Å². The van der Waals surface area contributed by atoms with Crippen LogP contribution in [0.5, 0.6) is 5.75 Å². The van der Waals surface area contributed by atoms with Crippen LogP contribution in [0.2, 0.25) is 0 Å². The van der Waals surface area contributed by atoms with E-state index in [1.807, 2.05) is 27.0 Å². The molecule has 0 saturated carbocycles. The summed E-state index contributed by atoms with van der Waals surface area (Å²) in [6.07, 6.45) is 4.52. The standard InChI is InChI=1S/C20H30FN5O/c1-4-18(27-19-10-6-9-17(21)12-19)14-24-20(22-5-2)23-11-7-8-16-13-25-26-15(16)3/h6,9-10,12-13,18H,4-5,7-8,11,14H2,1-3H3,(H,25,26)(H2,22,23,24). The molecule has 2 aromatic rings. The number of hydrogen-bond donors (Lipinski definition) is 3. The average Bonchev–Trinajstić information content (AvgIpc) is 3.06. The van der Waals surface area contributed by atoms with Crippen LogP contribution in [-0.4, -0.2) is 41.9 Å². The first-order chi connectivity index (χ1) is 13.1. The number of benzene rings is 1. The molecule has 0 spiro atoms. The van der Waals surface area contributed by atoms with Crippen molar-refractivity contribution in [2.45, 2.75) is 46.1 Å². The van der Waals surface area contributed by atoms with Crippen LogP contribution in [0.25, 0.3) is 0 Å². The number of H-pyrrole nitrogens is 1. The summed E-state index contributed by atoms with van der Waals surface area (Å²) in [4.78, 5) is 4.61. The summed E-state index contributed by atoms with van der Waals surface area (Å²) >= 11 is 0. The molecule has 6 nitrogen and oxygen atoms in total. The zero-order chi connectivity index (χ0) is 19.5. The summed E-state index contributed by atoms with van der Waals surface area (Å²) in [5, 5.41) is 13.6. The van der Waals surface area contributed by atoms with E-state index >= 15 is 0 Å². The first-order valence-electron chi connectivity index (χ1n) is 9.55. The number of ether oxygens (including phenoxy) is 1. The van der Waals surface area contributed by atoms with Crippen LogP contribution in [-0.2, 0) is 6.42 Å². The number of aliphatic imine (C=N–C) groups is 1. The summed E-state index contributed by atoms with van der Waals surface area (Å²) < 4.78 is 19.2. The van der Waals surface area contributed by atoms with Gasteiger partial charge in [0.1, 0.15) is 17.7 Å². The van der Waals surface area contributed by atoms with E-state index < -0.39 is 0 Å². The van der Waals surface area contributed by atoms with Gasteiger partial charge in [0.25, 0.3) is 0 Å². The highest BCUT2D eigenvalue weighted by Crippen LogP contribution is 2.15. The van der Waals surface area contributed by atoms with E-state index in [0.29, 0.717) is 12.3 Å². The summed E-state index contributed by atoms with van der Waals surface area (Å²) in [6, 6.07) is 6.21. The SMILES string of the molecule is CCNC(=NCC(CC)Oc1cccc(F)c1)NCCCc1cn[nH]c1C. The number of rotatable bonds is 10. The first-order valence-corrected chi connectivity index (χ1v) is 9.55. The predicted molar refractivity (Wildman–Crippen MR) is 107 cm³/mol. The van der Waals surface area contributed by atoms with Crippen molar-refractivity contribution in [1.29, 1.82) is 0 Å². The number of halogens is 1. The van der Waals surface area contributed by atoms with Gasteiger partial charge in [0.05, 0.1) is 12.7 Å². The van der Waals surface area contributed by atoms with Gasteiger partial charge in [0.2, 0.25) is 0 Å². The molecule has 1 heterocycles. The summed E-state index contributed by atoms with van der Waals surface area (Å²) in [7, 11) is 0. The third-order valence-electron chi connectivity index (χ3n) is 4.20. The van der Waals surface area contributed by atoms with Gasteiger partial charge in [-0.3, -0.25) is 5.10 Å². The van der Waals surface area contributed by atoms with Gasteiger partial charge in [-0.05, 0) is 50.8 Å². The Morgan fingerprint density at radius 3 is 2.85 bits per heavy atom. The number of hydrogen-bond acceptors (Lipinski definition) is 3. The van der Waals surface area contributed by atoms with Crippen molar-refractivity contribution in [3.63, 3.8) is 0 Å². The number of guanidine groups is 1. The van der Waals surface area contributed by atoms with Crippen LogP contribution in [0.4, 0.5) is 4.39 Å². The maximum absolute atomic E-state index is 13.3. The Hall–Kier alpha value is -2.57. The Kier molecular flexibility index (Phi) is 8.61. The maximum Gasteiger partial charge on any atom is 0.191 e. The number of nitrogens with zero attached hydrogens (tertiary/aromatic N) is 2. The highest BCUT2D eigenvalue weighted by molar-refractivity contribution is 5.79. The molecule has 1 atom stereocenters. The Balaban J connectivity index is 1.82. The van der Waals surface area contributed by atoms with Gasteiger partial charge < -0.3 is 15.4 Å². The highest BCUT2D eigenvalue weighted by Gasteiger charge is 2.09. The van der Waals surface area contributed by atoms with Crippen molar-refractivity contribution in [2.24, 2.45) is 4.99 Å². The van der Waals surface area contributed by atoms with Crippen LogP contribution in [0.3, 0.4) is 0 Å². The largest absolute Gasteiger partial charge is 0.488 e. The van der Waals surface area contributed by atoms with Gasteiger partial charge in [0, 0.05) is 24.8 Å². The van der Waals surface area contributed by atoms with E-state index in [1.165, 1.54) is 17.7 Å². The second kappa shape index (κ2) is 11.2. The minimum absolute atomic E-state index is 0.101. The minimum atomic E-state index is -0.297. The lowest BCUT2D eigenvalue weighted by Gasteiger charge is -2.17. The van der Waals surface area contributed by atoms with Crippen LogP contribution < -0.4 is 15.4 Å². The molecule has 0 aliphatic rings. The quantitative estimate of drug-likeness (QED) is 0.339. The average molecular weight is 375 g/mol. The summed E-state index contributed by atoms with van der Waals surface area (Å²) in [5.41, 5.74) is 2.36. The topological polar surface area (TPSA) is 74.3 Å². The molecule has 3 N–H and O–H groups in total. The van der Waals surface area contributed by atoms with Crippen molar-refractivity contribution >= 4 is 5.96 Å². The molecule has 1 aromatic carbocycles. The van der Waals surface area contributed by atoms with E-state index in [9.17, 15) is 4.39 Å². The molecule has 0 fully saturated rings. The summed E-state index contributed by atoms with van der Waals surface area (Å²) in [5.74, 6) is 1.00. The van der Waals surface area contributed by atoms with E-state index in [1.54, 1.807) is 12.1 Å². The first kappa shape index (κ1) is 20.7. The third kappa shape index (κ3) is 7.29. The number of aryl methyl sites for hydroxylation is 2. The molecule has 0 radical (unpaired) electrons. The molecular weight excluding hydrogens is 345 g/mol. The van der Waals surface area contributed by atoms with Crippen molar-refractivity contribution in [1.82, 2.24) is 20.8 Å². The Bertz CT molecular complexity index is 716. The molecule has 27 heavy (non-hydrogen) atoms. The lowest BCUT2D eigenvalue weighted by Crippen LogP contribution is -2.38. The van der Waals surface area contributed by atoms with Crippen LogP contribution in [0, 0.1) is 12.7 Å². The second-order valence-electron chi connectivity index (χ2n) is 6.38. The highest BCUT2D eigenvalue weighted by atomic mass is 19.1. The van der Waals surface area contributed by atoms with Crippen molar-refractivity contribution in [3.05, 3.63) is 47.5 Å². The molecular formula is C20H30FN5O. The molecule has 148 valence electrons. The fourth-order valence-corrected chi connectivity index (χ4v) is 2.63. The fourth-order valence-electron chi connectivity index (χ4n) is 2.63. The van der Waals surface area contributed by atoms with Gasteiger partial charge in [-0.2, -0.15) is 5.10 Å². The minimum Gasteiger partial charge on any atom is -0.488 e. The van der Waals surface area contributed by atoms with Crippen molar-refractivity contribution in [2.75, 3.05) is 19.6 Å². The van der Waals surface area contributed by atoms with Gasteiger partial charge in [-0.15, -0.1) is 0 Å². The number of aromatic amines is 1. The van der Waals surface area contributed by atoms with Gasteiger partial charge in [0.15, 0.2) is 5.96 Å². The molecule has 7 heteroatoms. The normalized spacial score (nSPS) is 12.7. The molecule has 0 saturated heterocycles. The Labute approximate surface area is 160 Å². The zero-order valence-electron chi connectivity index (χ0n) is 16.4. The smallest absolute Gasteiger partial charge is 0.191 e. The maximum atomic E-state index is 13.3. The fraction of sp³-hybridized carbons (Fsp3) is 0.500. The monoisotopic (exact) mass is 375 g/mol. The van der Waals surface area contributed by atoms with Crippen molar-refractivity contribution < 1.29 is 9.13 Å². The zero-order valence-corrected chi connectivity index (χ0v) is 16.4. The number of aromatic nitrogens is 2. The Morgan fingerprint density at radius 1 is 1.33 bits per heavy atom. The van der Waals surface area contributed by atoms with Crippen LogP contribution in [0.1, 0.15) is 37.9 Å². The van der Waals surface area contributed by atoms with E-state index in [2.05, 4.69) is 25.8 Å². The molecule has 0 amide bonds. The summed E-state index contributed by atoms with van der Waals surface area (Å²) in [6.45, 7) is 8.21. The molecule has 1 aromatic heterocycles. The third-order valence-corrected chi connectivity index (χ3v) is 4.20. The molecule has 2 rings (SSSR count). The van der Waals surface area contributed by atoms with Gasteiger partial charge in [-0.25, -0.2) is 9.38 Å². The molecule has 0 aliphatic heterocycles.